The minimum absolute atomic E-state index is 0.463. The van der Waals surface area contributed by atoms with Crippen molar-refractivity contribution >= 4 is 11.8 Å². The number of hydrogen-bond donors (Lipinski definition) is 2. The van der Waals surface area contributed by atoms with Crippen LogP contribution in [-0.4, -0.2) is 53.3 Å². The van der Waals surface area contributed by atoms with Crippen molar-refractivity contribution < 1.29 is 5.11 Å². The fourth-order valence-corrected chi connectivity index (χ4v) is 3.70. The number of thioether (sulfide) groups is 1. The van der Waals surface area contributed by atoms with Crippen LogP contribution in [0.1, 0.15) is 31.9 Å². The summed E-state index contributed by atoms with van der Waals surface area (Å²) in [6, 6.07) is 11.6. The summed E-state index contributed by atoms with van der Waals surface area (Å²) in [6.45, 7) is 7.05. The zero-order valence-corrected chi connectivity index (χ0v) is 14.2. The summed E-state index contributed by atoms with van der Waals surface area (Å²) in [6.07, 6.45) is 3.19. The second-order valence-electron chi connectivity index (χ2n) is 6.38. The van der Waals surface area contributed by atoms with Gasteiger partial charge in [0, 0.05) is 37.5 Å². The maximum Gasteiger partial charge on any atom is 0.0833 e. The highest BCUT2D eigenvalue weighted by atomic mass is 32.2. The molecule has 0 aromatic heterocycles. The molecule has 0 amide bonds. The van der Waals surface area contributed by atoms with E-state index in [4.69, 9.17) is 0 Å². The van der Waals surface area contributed by atoms with E-state index in [0.29, 0.717) is 18.6 Å². The molecule has 4 heteroatoms. The standard InChI is InChI=1S/C17H28N2OS/c1-14(15-7-5-4-6-8-15)19-10-9-16(11-19)18-12-17(2,20)13-21-3/h4-8,14,16,18,20H,9-13H2,1-3H3. The molecule has 21 heavy (non-hydrogen) atoms. The summed E-state index contributed by atoms with van der Waals surface area (Å²) in [5.74, 6) is 0.775. The number of likely N-dealkylation sites (tertiary alicyclic amines) is 1. The quantitative estimate of drug-likeness (QED) is 0.811. The minimum atomic E-state index is -0.613. The lowest BCUT2D eigenvalue weighted by Gasteiger charge is -2.27. The van der Waals surface area contributed by atoms with Crippen LogP contribution < -0.4 is 5.32 Å². The van der Waals surface area contributed by atoms with Crippen molar-refractivity contribution in [2.24, 2.45) is 0 Å². The van der Waals surface area contributed by atoms with Gasteiger partial charge in [0.1, 0.15) is 0 Å². The predicted molar refractivity (Wildman–Crippen MR) is 91.8 cm³/mol. The highest BCUT2D eigenvalue weighted by Gasteiger charge is 2.28. The van der Waals surface area contributed by atoms with Crippen LogP contribution in [0.25, 0.3) is 0 Å². The lowest BCUT2D eigenvalue weighted by Crippen LogP contribution is -2.45. The van der Waals surface area contributed by atoms with E-state index in [9.17, 15) is 5.11 Å². The SMILES string of the molecule is CSCC(C)(O)CNC1CCN(C(C)c2ccccc2)C1. The lowest BCUT2D eigenvalue weighted by molar-refractivity contribution is 0.0814. The number of aliphatic hydroxyl groups is 1. The number of nitrogens with zero attached hydrogens (tertiary/aromatic N) is 1. The van der Waals surface area contributed by atoms with Gasteiger partial charge < -0.3 is 10.4 Å². The van der Waals surface area contributed by atoms with Crippen LogP contribution in [0.5, 0.6) is 0 Å². The first kappa shape index (κ1) is 16.8. The van der Waals surface area contributed by atoms with E-state index in [-0.39, 0.29) is 0 Å². The molecule has 1 heterocycles. The third kappa shape index (κ3) is 4.99. The molecular weight excluding hydrogens is 280 g/mol. The van der Waals surface area contributed by atoms with Gasteiger partial charge in [-0.15, -0.1) is 0 Å². The molecule has 1 saturated heterocycles. The van der Waals surface area contributed by atoms with Crippen LogP contribution in [-0.2, 0) is 0 Å². The highest BCUT2D eigenvalue weighted by molar-refractivity contribution is 7.98. The molecule has 0 aliphatic carbocycles. The zero-order chi connectivity index (χ0) is 15.3. The van der Waals surface area contributed by atoms with Crippen molar-refractivity contribution in [2.75, 3.05) is 31.6 Å². The summed E-state index contributed by atoms with van der Waals surface area (Å²) in [5.41, 5.74) is 0.769. The molecule has 1 aromatic carbocycles. The van der Waals surface area contributed by atoms with E-state index in [0.717, 1.165) is 25.3 Å². The second-order valence-corrected chi connectivity index (χ2v) is 7.24. The lowest BCUT2D eigenvalue weighted by atomic mass is 10.1. The van der Waals surface area contributed by atoms with Crippen LogP contribution in [0, 0.1) is 0 Å². The van der Waals surface area contributed by atoms with Gasteiger partial charge in [0.05, 0.1) is 5.60 Å². The van der Waals surface area contributed by atoms with Crippen molar-refractivity contribution in [2.45, 2.75) is 38.0 Å². The third-order valence-electron chi connectivity index (χ3n) is 4.28. The molecule has 0 saturated carbocycles. The molecule has 3 atom stereocenters. The molecule has 3 nitrogen and oxygen atoms in total. The van der Waals surface area contributed by atoms with Crippen molar-refractivity contribution in [3.8, 4) is 0 Å². The molecule has 118 valence electrons. The van der Waals surface area contributed by atoms with Crippen molar-refractivity contribution in [3.63, 3.8) is 0 Å². The molecule has 0 spiro atoms. The Labute approximate surface area is 133 Å². The van der Waals surface area contributed by atoms with E-state index in [2.05, 4.69) is 47.5 Å². The molecule has 1 aliphatic rings. The van der Waals surface area contributed by atoms with Crippen LogP contribution in [0.15, 0.2) is 30.3 Å². The van der Waals surface area contributed by atoms with E-state index >= 15 is 0 Å². The Morgan fingerprint density at radius 3 is 2.81 bits per heavy atom. The van der Waals surface area contributed by atoms with Crippen molar-refractivity contribution in [3.05, 3.63) is 35.9 Å². The highest BCUT2D eigenvalue weighted by Crippen LogP contribution is 2.24. The zero-order valence-electron chi connectivity index (χ0n) is 13.4. The van der Waals surface area contributed by atoms with Gasteiger partial charge >= 0.3 is 0 Å². The van der Waals surface area contributed by atoms with E-state index in [1.807, 2.05) is 13.2 Å². The van der Waals surface area contributed by atoms with Gasteiger partial charge in [0.2, 0.25) is 0 Å². The van der Waals surface area contributed by atoms with E-state index < -0.39 is 5.60 Å². The number of rotatable bonds is 7. The Kier molecular flexibility index (Phi) is 6.11. The van der Waals surface area contributed by atoms with Crippen LogP contribution in [0.2, 0.25) is 0 Å². The molecule has 1 fully saturated rings. The summed E-state index contributed by atoms with van der Waals surface area (Å²) < 4.78 is 0. The van der Waals surface area contributed by atoms with Gasteiger partial charge in [0.15, 0.2) is 0 Å². The summed E-state index contributed by atoms with van der Waals surface area (Å²) >= 11 is 1.69. The normalized spacial score (nSPS) is 23.9. The van der Waals surface area contributed by atoms with Gasteiger partial charge in [-0.25, -0.2) is 0 Å². The Bertz CT molecular complexity index is 424. The molecule has 2 rings (SSSR count). The van der Waals surface area contributed by atoms with Crippen molar-refractivity contribution in [1.82, 2.24) is 10.2 Å². The average molecular weight is 308 g/mol. The molecule has 2 N–H and O–H groups in total. The summed E-state index contributed by atoms with van der Waals surface area (Å²) in [7, 11) is 0. The molecule has 1 aliphatic heterocycles. The molecule has 1 aromatic rings. The topological polar surface area (TPSA) is 35.5 Å². The molecule has 3 unspecified atom stereocenters. The fraction of sp³-hybridized carbons (Fsp3) is 0.647. The fourth-order valence-electron chi connectivity index (χ4n) is 2.97. The van der Waals surface area contributed by atoms with Gasteiger partial charge in [0.25, 0.3) is 0 Å². The second kappa shape index (κ2) is 7.63. The largest absolute Gasteiger partial charge is 0.388 e. The van der Waals surface area contributed by atoms with Gasteiger partial charge in [-0.1, -0.05) is 30.3 Å². The minimum Gasteiger partial charge on any atom is -0.388 e. The number of hydrogen-bond acceptors (Lipinski definition) is 4. The van der Waals surface area contributed by atoms with Crippen molar-refractivity contribution in [1.29, 1.82) is 0 Å². The Hall–Kier alpha value is -0.550. The number of benzene rings is 1. The summed E-state index contributed by atoms with van der Waals surface area (Å²) in [4.78, 5) is 2.52. The molecule has 0 radical (unpaired) electrons. The molecular formula is C17H28N2OS. The average Bonchev–Trinajstić information content (AvgIpc) is 2.94. The third-order valence-corrected chi connectivity index (χ3v) is 5.19. The monoisotopic (exact) mass is 308 g/mol. The maximum atomic E-state index is 10.2. The first-order valence-corrected chi connectivity index (χ1v) is 9.15. The maximum absolute atomic E-state index is 10.2. The first-order chi connectivity index (χ1) is 10.0. The van der Waals surface area contributed by atoms with Crippen LogP contribution in [0.4, 0.5) is 0 Å². The Morgan fingerprint density at radius 1 is 1.43 bits per heavy atom. The number of nitrogens with one attached hydrogen (secondary N) is 1. The van der Waals surface area contributed by atoms with Crippen LogP contribution >= 0.6 is 11.8 Å². The van der Waals surface area contributed by atoms with Crippen LogP contribution in [0.3, 0.4) is 0 Å². The van der Waals surface area contributed by atoms with E-state index in [1.54, 1.807) is 11.8 Å². The first-order valence-electron chi connectivity index (χ1n) is 7.75. The van der Waals surface area contributed by atoms with Gasteiger partial charge in [-0.2, -0.15) is 11.8 Å². The van der Waals surface area contributed by atoms with Gasteiger partial charge in [-0.3, -0.25) is 4.90 Å². The summed E-state index contributed by atoms with van der Waals surface area (Å²) in [5, 5.41) is 13.8. The molecule has 0 bridgehead atoms. The Morgan fingerprint density at radius 2 is 2.14 bits per heavy atom. The van der Waals surface area contributed by atoms with Gasteiger partial charge in [-0.05, 0) is 32.1 Å². The smallest absolute Gasteiger partial charge is 0.0833 e. The van der Waals surface area contributed by atoms with E-state index in [1.165, 1.54) is 5.56 Å². The Balaban J connectivity index is 1.81. The predicted octanol–water partition coefficient (Wildman–Crippen LogP) is 2.53.